The molecule has 1 saturated heterocycles. The van der Waals surface area contributed by atoms with Gasteiger partial charge in [0.25, 0.3) is 0 Å². The Balaban J connectivity index is 2.24. The second kappa shape index (κ2) is 4.37. The number of aromatic nitrogens is 2. The Labute approximate surface area is 101 Å². The van der Waals surface area contributed by atoms with Gasteiger partial charge in [-0.25, -0.2) is 0 Å². The molecule has 2 heterocycles. The summed E-state index contributed by atoms with van der Waals surface area (Å²) >= 11 is 0. The minimum Gasteiger partial charge on any atom is -0.481 e. The minimum absolute atomic E-state index is 0.175. The van der Waals surface area contributed by atoms with Gasteiger partial charge >= 0.3 is 0 Å². The topological polar surface area (TPSA) is 73.5 Å². The van der Waals surface area contributed by atoms with Crippen molar-refractivity contribution < 1.29 is 9.47 Å². The molecule has 1 aliphatic heterocycles. The average molecular weight is 238 g/mol. The third kappa shape index (κ3) is 2.76. The minimum atomic E-state index is -0.175. The van der Waals surface area contributed by atoms with Crippen molar-refractivity contribution in [2.45, 2.75) is 19.4 Å². The molecule has 0 spiro atoms. The Hall–Kier alpha value is -1.56. The van der Waals surface area contributed by atoms with Gasteiger partial charge in [0.2, 0.25) is 11.8 Å². The summed E-state index contributed by atoms with van der Waals surface area (Å²) in [6, 6.07) is 1.79. The van der Waals surface area contributed by atoms with Crippen LogP contribution in [0.1, 0.15) is 13.8 Å². The maximum absolute atomic E-state index is 5.66. The number of anilines is 2. The lowest BCUT2D eigenvalue weighted by atomic mass is 10.1. The summed E-state index contributed by atoms with van der Waals surface area (Å²) < 4.78 is 10.7. The molecule has 1 fully saturated rings. The summed E-state index contributed by atoms with van der Waals surface area (Å²) in [6.45, 7) is 6.36. The van der Waals surface area contributed by atoms with Gasteiger partial charge in [-0.2, -0.15) is 9.97 Å². The Kier molecular flexibility index (Phi) is 3.06. The van der Waals surface area contributed by atoms with Gasteiger partial charge in [0.05, 0.1) is 19.3 Å². The average Bonchev–Trinajstić information content (AvgIpc) is 2.27. The Morgan fingerprint density at radius 2 is 2.24 bits per heavy atom. The van der Waals surface area contributed by atoms with Crippen molar-refractivity contribution in [3.8, 4) is 5.88 Å². The predicted octanol–water partition coefficient (Wildman–Crippen LogP) is 0.683. The lowest BCUT2D eigenvalue weighted by Crippen LogP contribution is -2.48. The zero-order valence-corrected chi connectivity index (χ0v) is 10.4. The van der Waals surface area contributed by atoms with Crippen LogP contribution >= 0.6 is 0 Å². The first-order valence-corrected chi connectivity index (χ1v) is 5.58. The fourth-order valence-electron chi connectivity index (χ4n) is 1.91. The second-order valence-electron chi connectivity index (χ2n) is 4.66. The van der Waals surface area contributed by atoms with E-state index in [1.165, 1.54) is 0 Å². The number of nitrogens with two attached hydrogens (primary N) is 1. The smallest absolute Gasteiger partial charge is 0.225 e. The molecule has 1 aliphatic rings. The van der Waals surface area contributed by atoms with E-state index in [4.69, 9.17) is 15.2 Å². The molecule has 2 rings (SSSR count). The molecule has 6 nitrogen and oxygen atoms in total. The summed E-state index contributed by atoms with van der Waals surface area (Å²) in [5.41, 5.74) is 5.47. The van der Waals surface area contributed by atoms with Gasteiger partial charge in [-0.1, -0.05) is 0 Å². The fourth-order valence-corrected chi connectivity index (χ4v) is 1.91. The van der Waals surface area contributed by atoms with Crippen LogP contribution in [-0.4, -0.2) is 42.4 Å². The molecular weight excluding hydrogens is 220 g/mol. The summed E-state index contributed by atoms with van der Waals surface area (Å²) in [4.78, 5) is 10.3. The number of hydrogen-bond acceptors (Lipinski definition) is 6. The highest BCUT2D eigenvalue weighted by molar-refractivity contribution is 5.46. The van der Waals surface area contributed by atoms with Gasteiger partial charge in [-0.3, -0.25) is 0 Å². The SMILES string of the molecule is COc1cc(N2CCOC(C)(C)C2)nc(N)n1. The quantitative estimate of drug-likeness (QED) is 0.817. The van der Waals surface area contributed by atoms with Gasteiger partial charge < -0.3 is 20.1 Å². The second-order valence-corrected chi connectivity index (χ2v) is 4.66. The summed E-state index contributed by atoms with van der Waals surface area (Å²) in [5, 5.41) is 0. The Morgan fingerprint density at radius 3 is 2.88 bits per heavy atom. The van der Waals surface area contributed by atoms with E-state index >= 15 is 0 Å². The molecule has 1 aromatic rings. The molecule has 0 unspecified atom stereocenters. The highest BCUT2D eigenvalue weighted by Crippen LogP contribution is 2.24. The molecule has 0 atom stereocenters. The van der Waals surface area contributed by atoms with Crippen molar-refractivity contribution in [2.75, 3.05) is 37.4 Å². The van der Waals surface area contributed by atoms with E-state index in [2.05, 4.69) is 28.7 Å². The summed E-state index contributed by atoms with van der Waals surface area (Å²) in [6.07, 6.45) is 0. The Morgan fingerprint density at radius 1 is 1.47 bits per heavy atom. The zero-order valence-electron chi connectivity index (χ0n) is 10.4. The normalized spacial score (nSPS) is 19.1. The molecule has 0 aliphatic carbocycles. The molecule has 6 heteroatoms. The first-order valence-electron chi connectivity index (χ1n) is 5.58. The first-order chi connectivity index (χ1) is 8.00. The van der Waals surface area contributed by atoms with Crippen LogP contribution in [0.4, 0.5) is 11.8 Å². The van der Waals surface area contributed by atoms with Gasteiger partial charge in [-0.05, 0) is 13.8 Å². The highest BCUT2D eigenvalue weighted by Gasteiger charge is 2.28. The molecule has 0 aromatic carbocycles. The number of nitrogen functional groups attached to an aromatic ring is 1. The molecule has 0 radical (unpaired) electrons. The number of hydrogen-bond donors (Lipinski definition) is 1. The lowest BCUT2D eigenvalue weighted by Gasteiger charge is -2.38. The van der Waals surface area contributed by atoms with Crippen molar-refractivity contribution in [2.24, 2.45) is 0 Å². The van der Waals surface area contributed by atoms with Crippen LogP contribution in [0, 0.1) is 0 Å². The van der Waals surface area contributed by atoms with Gasteiger partial charge in [0.1, 0.15) is 5.82 Å². The third-order valence-corrected chi connectivity index (χ3v) is 2.67. The van der Waals surface area contributed by atoms with Crippen LogP contribution in [0.25, 0.3) is 0 Å². The maximum Gasteiger partial charge on any atom is 0.225 e. The van der Waals surface area contributed by atoms with E-state index in [1.54, 1.807) is 13.2 Å². The first kappa shape index (κ1) is 11.9. The van der Waals surface area contributed by atoms with E-state index in [0.717, 1.165) is 18.9 Å². The number of ether oxygens (including phenoxy) is 2. The third-order valence-electron chi connectivity index (χ3n) is 2.67. The Bertz CT molecular complexity index is 408. The summed E-state index contributed by atoms with van der Waals surface area (Å²) in [7, 11) is 1.56. The van der Waals surface area contributed by atoms with Gasteiger partial charge in [-0.15, -0.1) is 0 Å². The predicted molar refractivity (Wildman–Crippen MR) is 65.2 cm³/mol. The number of nitrogens with zero attached hydrogens (tertiary/aromatic N) is 3. The van der Waals surface area contributed by atoms with Crippen LogP contribution in [-0.2, 0) is 4.74 Å². The number of methoxy groups -OCH3 is 1. The molecule has 0 bridgehead atoms. The molecule has 94 valence electrons. The number of morpholine rings is 1. The van der Waals surface area contributed by atoms with Crippen molar-refractivity contribution >= 4 is 11.8 Å². The summed E-state index contributed by atoms with van der Waals surface area (Å²) in [5.74, 6) is 1.49. The monoisotopic (exact) mass is 238 g/mol. The van der Waals surface area contributed by atoms with Crippen LogP contribution in [0.3, 0.4) is 0 Å². The van der Waals surface area contributed by atoms with Gasteiger partial charge in [0, 0.05) is 19.2 Å². The molecule has 1 aromatic heterocycles. The highest BCUT2D eigenvalue weighted by atomic mass is 16.5. The molecule has 17 heavy (non-hydrogen) atoms. The van der Waals surface area contributed by atoms with E-state index in [-0.39, 0.29) is 11.5 Å². The maximum atomic E-state index is 5.66. The molecular formula is C11H18N4O2. The van der Waals surface area contributed by atoms with Crippen molar-refractivity contribution in [3.63, 3.8) is 0 Å². The van der Waals surface area contributed by atoms with Crippen LogP contribution in [0.2, 0.25) is 0 Å². The van der Waals surface area contributed by atoms with Crippen LogP contribution in [0.15, 0.2) is 6.07 Å². The lowest BCUT2D eigenvalue weighted by molar-refractivity contribution is -0.0279. The van der Waals surface area contributed by atoms with E-state index in [1.807, 2.05) is 0 Å². The standard InChI is InChI=1S/C11H18N4O2/c1-11(2)7-15(4-5-17-11)8-6-9(16-3)14-10(12)13-8/h6H,4-5,7H2,1-3H3,(H2,12,13,14). The van der Waals surface area contributed by atoms with E-state index in [9.17, 15) is 0 Å². The number of rotatable bonds is 2. The molecule has 2 N–H and O–H groups in total. The van der Waals surface area contributed by atoms with Crippen molar-refractivity contribution in [1.82, 2.24) is 9.97 Å². The fraction of sp³-hybridized carbons (Fsp3) is 0.636. The van der Waals surface area contributed by atoms with Crippen LogP contribution in [0.5, 0.6) is 5.88 Å². The zero-order chi connectivity index (χ0) is 12.5. The van der Waals surface area contributed by atoms with Crippen LogP contribution < -0.4 is 15.4 Å². The van der Waals surface area contributed by atoms with Gasteiger partial charge in [0.15, 0.2) is 0 Å². The molecule has 0 saturated carbocycles. The van der Waals surface area contributed by atoms with E-state index < -0.39 is 0 Å². The van der Waals surface area contributed by atoms with E-state index in [0.29, 0.717) is 12.5 Å². The van der Waals surface area contributed by atoms with Crippen molar-refractivity contribution in [3.05, 3.63) is 6.07 Å². The van der Waals surface area contributed by atoms with Crippen molar-refractivity contribution in [1.29, 1.82) is 0 Å². The largest absolute Gasteiger partial charge is 0.481 e. The molecule has 0 amide bonds.